The Balaban J connectivity index is 1.94. The smallest absolute Gasteiger partial charge is 0.143 e. The van der Waals surface area contributed by atoms with Gasteiger partial charge in [-0.15, -0.1) is 0 Å². The minimum absolute atomic E-state index is 0.626. The number of nitrogens with zero attached hydrogens (tertiary/aromatic N) is 1. The van der Waals surface area contributed by atoms with E-state index in [-0.39, 0.29) is 0 Å². The lowest BCUT2D eigenvalue weighted by molar-refractivity contribution is 0.616. The molecular weight excluding hydrogens is 256 g/mol. The first-order valence-corrected chi connectivity index (χ1v) is 6.80. The van der Waals surface area contributed by atoms with Crippen LogP contribution in [0.3, 0.4) is 0 Å². The van der Waals surface area contributed by atoms with Crippen LogP contribution in [0.4, 0.5) is 0 Å². The Bertz CT molecular complexity index is 814. The van der Waals surface area contributed by atoms with Crippen LogP contribution >= 0.6 is 12.2 Å². The van der Waals surface area contributed by atoms with E-state index in [9.17, 15) is 0 Å². The minimum Gasteiger partial charge on any atom is -0.464 e. The van der Waals surface area contributed by atoms with Crippen molar-refractivity contribution >= 4 is 23.2 Å². The van der Waals surface area contributed by atoms with Gasteiger partial charge in [0, 0.05) is 11.1 Å². The van der Waals surface area contributed by atoms with Gasteiger partial charge in [0.25, 0.3) is 0 Å². The quantitative estimate of drug-likeness (QED) is 0.699. The summed E-state index contributed by atoms with van der Waals surface area (Å²) >= 11 is 5.27. The third kappa shape index (κ3) is 1.88. The van der Waals surface area contributed by atoms with E-state index in [1.807, 2.05) is 30.3 Å². The van der Waals surface area contributed by atoms with Gasteiger partial charge < -0.3 is 9.40 Å². The van der Waals surface area contributed by atoms with Crippen LogP contribution in [0.2, 0.25) is 0 Å². The van der Waals surface area contributed by atoms with Crippen molar-refractivity contribution in [2.45, 2.75) is 18.8 Å². The van der Waals surface area contributed by atoms with Gasteiger partial charge in [0.2, 0.25) is 0 Å². The van der Waals surface area contributed by atoms with Crippen LogP contribution in [-0.2, 0) is 0 Å². The first kappa shape index (κ1) is 10.9. The van der Waals surface area contributed by atoms with Crippen LogP contribution in [0.25, 0.3) is 22.4 Å². The molecule has 1 N–H and O–H groups in total. The number of H-pyrrole nitrogens is 1. The summed E-state index contributed by atoms with van der Waals surface area (Å²) in [6.07, 6.45) is 4.22. The van der Waals surface area contributed by atoms with Crippen molar-refractivity contribution in [3.63, 3.8) is 0 Å². The Kier molecular flexibility index (Phi) is 2.32. The molecule has 0 unspecified atom stereocenters. The molecule has 19 heavy (non-hydrogen) atoms. The number of aromatic nitrogens is 2. The lowest BCUT2D eigenvalue weighted by Gasteiger charge is -2.03. The zero-order chi connectivity index (χ0) is 12.8. The summed E-state index contributed by atoms with van der Waals surface area (Å²) in [7, 11) is 0. The normalized spacial score (nSPS) is 14.9. The number of aromatic amines is 1. The van der Waals surface area contributed by atoms with E-state index < -0.39 is 0 Å². The molecule has 2 aromatic heterocycles. The molecule has 0 spiro atoms. The molecule has 0 bridgehead atoms. The topological polar surface area (TPSA) is 41.8 Å². The molecule has 0 radical (unpaired) electrons. The summed E-state index contributed by atoms with van der Waals surface area (Å²) in [5.74, 6) is 1.43. The molecule has 0 aliphatic heterocycles. The van der Waals surface area contributed by atoms with Crippen molar-refractivity contribution in [1.29, 1.82) is 0 Å². The van der Waals surface area contributed by atoms with E-state index in [1.54, 1.807) is 6.26 Å². The minimum atomic E-state index is 0.626. The van der Waals surface area contributed by atoms with Crippen LogP contribution in [-0.4, -0.2) is 9.97 Å². The summed E-state index contributed by atoms with van der Waals surface area (Å²) in [6, 6.07) is 9.93. The molecule has 3 aromatic rings. The number of benzene rings is 1. The maximum atomic E-state index is 5.57. The van der Waals surface area contributed by atoms with Crippen molar-refractivity contribution in [3.05, 3.63) is 46.9 Å². The van der Waals surface area contributed by atoms with Crippen LogP contribution in [0.5, 0.6) is 0 Å². The largest absolute Gasteiger partial charge is 0.464 e. The maximum absolute atomic E-state index is 5.57. The van der Waals surface area contributed by atoms with Crippen molar-refractivity contribution in [2.24, 2.45) is 0 Å². The van der Waals surface area contributed by atoms with Gasteiger partial charge in [0.05, 0.1) is 5.56 Å². The van der Waals surface area contributed by atoms with E-state index >= 15 is 0 Å². The molecule has 2 heterocycles. The number of nitrogens with one attached hydrogen (secondary N) is 1. The number of para-hydroxylation sites is 1. The lowest BCUT2D eigenvalue weighted by atomic mass is 10.1. The average Bonchev–Trinajstić information content (AvgIpc) is 3.18. The van der Waals surface area contributed by atoms with E-state index in [4.69, 9.17) is 16.6 Å². The van der Waals surface area contributed by atoms with Crippen molar-refractivity contribution < 1.29 is 4.42 Å². The molecule has 0 atom stereocenters. The van der Waals surface area contributed by atoms with E-state index in [1.165, 1.54) is 18.5 Å². The molecule has 4 rings (SSSR count). The monoisotopic (exact) mass is 268 g/mol. The molecule has 0 amide bonds. The maximum Gasteiger partial charge on any atom is 0.143 e. The van der Waals surface area contributed by atoms with Gasteiger partial charge in [0.1, 0.15) is 22.3 Å². The van der Waals surface area contributed by atoms with Crippen molar-refractivity contribution in [2.75, 3.05) is 0 Å². The van der Waals surface area contributed by atoms with Crippen LogP contribution in [0.15, 0.2) is 41.0 Å². The molecular formula is C15H12N2OS. The molecule has 1 aromatic carbocycles. The summed E-state index contributed by atoms with van der Waals surface area (Å²) in [5.41, 5.74) is 3.04. The Morgan fingerprint density at radius 2 is 2.11 bits per heavy atom. The van der Waals surface area contributed by atoms with Gasteiger partial charge in [-0.25, -0.2) is 4.98 Å². The highest BCUT2D eigenvalue weighted by atomic mass is 32.1. The molecule has 94 valence electrons. The van der Waals surface area contributed by atoms with E-state index in [0.29, 0.717) is 10.6 Å². The van der Waals surface area contributed by atoms with Crippen LogP contribution in [0, 0.1) is 4.64 Å². The Labute approximate surface area is 115 Å². The van der Waals surface area contributed by atoms with Gasteiger partial charge >= 0.3 is 0 Å². The number of fused-ring (bicyclic) bond motifs is 1. The molecule has 0 saturated heterocycles. The molecule has 1 aliphatic rings. The summed E-state index contributed by atoms with van der Waals surface area (Å²) in [6.45, 7) is 0. The van der Waals surface area contributed by atoms with Gasteiger partial charge in [-0.3, -0.25) is 0 Å². The Hall–Kier alpha value is -1.94. The molecule has 1 aliphatic carbocycles. The number of hydrogen-bond acceptors (Lipinski definition) is 3. The molecule has 4 heteroatoms. The summed E-state index contributed by atoms with van der Waals surface area (Å²) in [4.78, 5) is 7.84. The third-order valence-corrected chi connectivity index (χ3v) is 3.73. The lowest BCUT2D eigenvalue weighted by Crippen LogP contribution is -1.94. The van der Waals surface area contributed by atoms with Crippen LogP contribution < -0.4 is 0 Å². The standard InChI is InChI=1S/C15H12N2OS/c19-14-7-12(9-5-6-9)16-15(17-14)11-8-18-13-4-2-1-3-10(11)13/h1-4,7-9H,5-6H2,(H,16,17,19). The average molecular weight is 268 g/mol. The van der Waals surface area contributed by atoms with Crippen molar-refractivity contribution in [3.8, 4) is 11.4 Å². The number of hydrogen-bond donors (Lipinski definition) is 1. The predicted octanol–water partition coefficient (Wildman–Crippen LogP) is 4.43. The van der Waals surface area contributed by atoms with Gasteiger partial charge in [-0.05, 0) is 30.9 Å². The van der Waals surface area contributed by atoms with E-state index in [2.05, 4.69) is 9.97 Å². The van der Waals surface area contributed by atoms with E-state index in [0.717, 1.165) is 22.4 Å². The second-order valence-electron chi connectivity index (χ2n) is 4.94. The Morgan fingerprint density at radius 1 is 1.26 bits per heavy atom. The number of rotatable bonds is 2. The first-order valence-electron chi connectivity index (χ1n) is 6.39. The van der Waals surface area contributed by atoms with Gasteiger partial charge in [-0.1, -0.05) is 30.4 Å². The Morgan fingerprint density at radius 3 is 2.95 bits per heavy atom. The SMILES string of the molecule is S=c1cc(C2CC2)[nH]c(-c2coc3ccccc23)n1. The summed E-state index contributed by atoms with van der Waals surface area (Å²) in [5, 5.41) is 1.06. The van der Waals surface area contributed by atoms with Gasteiger partial charge in [0.15, 0.2) is 0 Å². The van der Waals surface area contributed by atoms with Crippen molar-refractivity contribution in [1.82, 2.24) is 9.97 Å². The zero-order valence-corrected chi connectivity index (χ0v) is 11.0. The highest BCUT2D eigenvalue weighted by molar-refractivity contribution is 7.71. The predicted molar refractivity (Wildman–Crippen MR) is 76.6 cm³/mol. The van der Waals surface area contributed by atoms with Gasteiger partial charge in [-0.2, -0.15) is 0 Å². The second-order valence-corrected chi connectivity index (χ2v) is 5.36. The fourth-order valence-corrected chi connectivity index (χ4v) is 2.60. The highest BCUT2D eigenvalue weighted by Gasteiger charge is 2.25. The highest BCUT2D eigenvalue weighted by Crippen LogP contribution is 2.39. The summed E-state index contributed by atoms with van der Waals surface area (Å²) < 4.78 is 6.21. The third-order valence-electron chi connectivity index (χ3n) is 3.52. The molecule has 1 saturated carbocycles. The van der Waals surface area contributed by atoms with Crippen LogP contribution in [0.1, 0.15) is 24.5 Å². The number of furan rings is 1. The molecule has 1 fully saturated rings. The zero-order valence-electron chi connectivity index (χ0n) is 10.2. The fourth-order valence-electron chi connectivity index (χ4n) is 2.38. The molecule has 3 nitrogen and oxygen atoms in total. The second kappa shape index (κ2) is 4.03. The first-order chi connectivity index (χ1) is 9.31. The fraction of sp³-hybridized carbons (Fsp3) is 0.200.